The Hall–Kier alpha value is -4.39. The van der Waals surface area contributed by atoms with Crippen LogP contribution in [0.15, 0.2) is 53.7 Å². The van der Waals surface area contributed by atoms with Gasteiger partial charge in [-0.25, -0.2) is 4.79 Å². The molecule has 0 saturated heterocycles. The van der Waals surface area contributed by atoms with Crippen molar-refractivity contribution in [2.24, 2.45) is 5.92 Å². The molecule has 0 aliphatic carbocycles. The number of benzene rings is 2. The van der Waals surface area contributed by atoms with Gasteiger partial charge in [0.1, 0.15) is 0 Å². The van der Waals surface area contributed by atoms with E-state index in [2.05, 4.69) is 10.6 Å². The van der Waals surface area contributed by atoms with Gasteiger partial charge in [0, 0.05) is 30.6 Å². The molecule has 0 aromatic heterocycles. The van der Waals surface area contributed by atoms with E-state index in [-0.39, 0.29) is 18.1 Å². The van der Waals surface area contributed by atoms with Crippen molar-refractivity contribution in [1.82, 2.24) is 10.2 Å². The van der Waals surface area contributed by atoms with Gasteiger partial charge in [0.05, 0.1) is 39.7 Å². The van der Waals surface area contributed by atoms with Crippen molar-refractivity contribution >= 4 is 46.3 Å². The molecule has 1 unspecified atom stereocenters. The average Bonchev–Trinajstić information content (AvgIpc) is 2.85. The molecule has 12 nitrogen and oxygen atoms in total. The zero-order valence-corrected chi connectivity index (χ0v) is 21.3. The topological polar surface area (TPSA) is 157 Å². The van der Waals surface area contributed by atoms with Crippen LogP contribution in [0.1, 0.15) is 42.7 Å². The summed E-state index contributed by atoms with van der Waals surface area (Å²) in [5.74, 6) is -1.07. The summed E-state index contributed by atoms with van der Waals surface area (Å²) >= 11 is 5.40. The number of nitrogens with zero attached hydrogens (tertiary/aromatic N) is 3. The largest absolute Gasteiger partial charge is 0.462 e. The van der Waals surface area contributed by atoms with Crippen molar-refractivity contribution in [2.75, 3.05) is 19.0 Å². The fourth-order valence-corrected chi connectivity index (χ4v) is 3.82. The number of hydrogen-bond donors (Lipinski definition) is 2. The minimum atomic E-state index is -0.809. The number of carbonyl (C=O) groups excluding carboxylic acids is 2. The van der Waals surface area contributed by atoms with Crippen LogP contribution in [0.2, 0.25) is 0 Å². The highest BCUT2D eigenvalue weighted by atomic mass is 32.1. The van der Waals surface area contributed by atoms with Crippen LogP contribution in [0.25, 0.3) is 0 Å². The third kappa shape index (κ3) is 6.25. The van der Waals surface area contributed by atoms with Crippen molar-refractivity contribution < 1.29 is 24.2 Å². The molecule has 0 saturated carbocycles. The molecule has 0 spiro atoms. The first kappa shape index (κ1) is 27.2. The number of hydrogen-bond acceptors (Lipinski definition) is 8. The van der Waals surface area contributed by atoms with E-state index in [4.69, 9.17) is 17.0 Å². The lowest BCUT2D eigenvalue weighted by Gasteiger charge is -2.35. The minimum absolute atomic E-state index is 0.161. The van der Waals surface area contributed by atoms with Gasteiger partial charge >= 0.3 is 5.97 Å². The molecule has 194 valence electrons. The van der Waals surface area contributed by atoms with E-state index in [9.17, 15) is 29.8 Å². The second-order valence-electron chi connectivity index (χ2n) is 8.76. The molecule has 1 aliphatic heterocycles. The predicted molar refractivity (Wildman–Crippen MR) is 139 cm³/mol. The molecule has 13 heteroatoms. The van der Waals surface area contributed by atoms with Crippen molar-refractivity contribution in [3.8, 4) is 0 Å². The molecule has 1 heterocycles. The zero-order chi connectivity index (χ0) is 27.4. The molecular weight excluding hydrogens is 502 g/mol. The number of nitro groups is 2. The van der Waals surface area contributed by atoms with Crippen LogP contribution in [-0.2, 0) is 9.53 Å². The van der Waals surface area contributed by atoms with Gasteiger partial charge in [0.25, 0.3) is 17.3 Å². The summed E-state index contributed by atoms with van der Waals surface area (Å²) < 4.78 is 5.47. The van der Waals surface area contributed by atoms with Crippen LogP contribution in [0.3, 0.4) is 0 Å². The summed E-state index contributed by atoms with van der Waals surface area (Å²) in [5, 5.41) is 28.3. The molecule has 0 fully saturated rings. The number of thiocarbonyl (C=S) groups is 1. The normalized spacial score (nSPS) is 15.3. The summed E-state index contributed by atoms with van der Waals surface area (Å²) in [6.07, 6.45) is 0. The first-order valence-corrected chi connectivity index (χ1v) is 11.6. The minimum Gasteiger partial charge on any atom is -0.462 e. The van der Waals surface area contributed by atoms with Crippen molar-refractivity contribution in [2.45, 2.75) is 26.8 Å². The van der Waals surface area contributed by atoms with Gasteiger partial charge in [0.2, 0.25) is 0 Å². The van der Waals surface area contributed by atoms with Gasteiger partial charge in [-0.05, 0) is 42.8 Å². The number of amides is 1. The van der Waals surface area contributed by atoms with E-state index >= 15 is 0 Å². The van der Waals surface area contributed by atoms with Gasteiger partial charge in [-0.15, -0.1) is 0 Å². The van der Waals surface area contributed by atoms with E-state index in [1.54, 1.807) is 43.1 Å². The van der Waals surface area contributed by atoms with Gasteiger partial charge in [-0.1, -0.05) is 26.0 Å². The van der Waals surface area contributed by atoms with Crippen LogP contribution < -0.4 is 10.6 Å². The fourth-order valence-electron chi connectivity index (χ4n) is 3.57. The SMILES string of the molecule is CC1=C(C(=O)OCC(C)C)C(c2ccc(NC(=O)c3cc([N+](=O)[O-])cc([N+](=O)[O-])c3)cc2)NC(=S)N1C. The Balaban J connectivity index is 1.86. The number of allylic oxidation sites excluding steroid dienone is 1. The molecule has 3 rings (SSSR count). The summed E-state index contributed by atoms with van der Waals surface area (Å²) in [6, 6.07) is 8.63. The van der Waals surface area contributed by atoms with Crippen molar-refractivity contribution in [3.63, 3.8) is 0 Å². The lowest BCUT2D eigenvalue weighted by Crippen LogP contribution is -2.46. The van der Waals surface area contributed by atoms with Crippen LogP contribution in [0.5, 0.6) is 0 Å². The third-order valence-corrected chi connectivity index (χ3v) is 6.00. The van der Waals surface area contributed by atoms with Gasteiger partial charge in [-0.3, -0.25) is 25.0 Å². The lowest BCUT2D eigenvalue weighted by molar-refractivity contribution is -0.394. The highest BCUT2D eigenvalue weighted by Crippen LogP contribution is 2.32. The number of anilines is 1. The first-order chi connectivity index (χ1) is 17.4. The number of non-ortho nitro benzene ring substituents is 2. The number of ether oxygens (including phenoxy) is 1. The van der Waals surface area contributed by atoms with E-state index in [1.165, 1.54) is 0 Å². The van der Waals surface area contributed by atoms with E-state index in [0.29, 0.717) is 27.6 Å². The van der Waals surface area contributed by atoms with E-state index < -0.39 is 39.1 Å². The maximum absolute atomic E-state index is 12.9. The summed E-state index contributed by atoms with van der Waals surface area (Å²) in [6.45, 7) is 5.91. The Morgan fingerprint density at radius 2 is 1.68 bits per heavy atom. The molecule has 2 aromatic rings. The van der Waals surface area contributed by atoms with Crippen LogP contribution in [0, 0.1) is 26.1 Å². The molecule has 1 atom stereocenters. The van der Waals surface area contributed by atoms with E-state index in [1.807, 2.05) is 13.8 Å². The average molecular weight is 528 g/mol. The second-order valence-corrected chi connectivity index (χ2v) is 9.15. The molecule has 2 N–H and O–H groups in total. The molecule has 2 aromatic carbocycles. The number of nitrogens with one attached hydrogen (secondary N) is 2. The van der Waals surface area contributed by atoms with Gasteiger partial charge < -0.3 is 20.3 Å². The monoisotopic (exact) mass is 527 g/mol. The third-order valence-electron chi connectivity index (χ3n) is 5.61. The summed E-state index contributed by atoms with van der Waals surface area (Å²) in [7, 11) is 1.74. The maximum atomic E-state index is 12.9. The Morgan fingerprint density at radius 1 is 1.11 bits per heavy atom. The van der Waals surface area contributed by atoms with Crippen LogP contribution >= 0.6 is 12.2 Å². The predicted octanol–water partition coefficient (Wildman–Crippen LogP) is 4.09. The Morgan fingerprint density at radius 3 is 2.19 bits per heavy atom. The first-order valence-electron chi connectivity index (χ1n) is 11.2. The van der Waals surface area contributed by atoms with Crippen LogP contribution in [0.4, 0.5) is 17.1 Å². The quantitative estimate of drug-likeness (QED) is 0.222. The van der Waals surface area contributed by atoms with Crippen LogP contribution in [-0.4, -0.2) is 45.4 Å². The molecular formula is C24H25N5O7S. The van der Waals surface area contributed by atoms with Crippen molar-refractivity contribution in [3.05, 3.63) is 85.1 Å². The molecule has 1 amide bonds. The summed E-state index contributed by atoms with van der Waals surface area (Å²) in [4.78, 5) is 47.9. The van der Waals surface area contributed by atoms with Crippen molar-refractivity contribution in [1.29, 1.82) is 0 Å². The lowest BCUT2D eigenvalue weighted by atomic mass is 9.95. The fraction of sp³-hybridized carbons (Fsp3) is 0.292. The maximum Gasteiger partial charge on any atom is 0.338 e. The second kappa shape index (κ2) is 11.1. The zero-order valence-electron chi connectivity index (χ0n) is 20.5. The Bertz CT molecular complexity index is 1270. The molecule has 0 radical (unpaired) electrons. The number of rotatable bonds is 8. The van der Waals surface area contributed by atoms with Gasteiger partial charge in [-0.2, -0.15) is 0 Å². The Kier molecular flexibility index (Phi) is 8.17. The standard InChI is InChI=1S/C24H25N5O7S/c1-13(2)12-36-23(31)20-14(3)27(4)24(37)26-21(20)15-5-7-17(8-6-15)25-22(30)16-9-18(28(32)33)11-19(10-16)29(34)35/h5-11,13,21H,12H2,1-4H3,(H,25,30)(H,26,37). The molecule has 37 heavy (non-hydrogen) atoms. The highest BCUT2D eigenvalue weighted by Gasteiger charge is 2.33. The van der Waals surface area contributed by atoms with E-state index in [0.717, 1.165) is 18.2 Å². The summed E-state index contributed by atoms with van der Waals surface area (Å²) in [5.41, 5.74) is 0.681. The number of esters is 1. The number of nitro benzene ring substituents is 2. The number of carbonyl (C=O) groups is 2. The smallest absolute Gasteiger partial charge is 0.338 e. The van der Waals surface area contributed by atoms with Gasteiger partial charge in [0.15, 0.2) is 5.11 Å². The highest BCUT2D eigenvalue weighted by molar-refractivity contribution is 7.80. The Labute approximate surface area is 217 Å². The molecule has 1 aliphatic rings. The molecule has 0 bridgehead atoms.